The van der Waals surface area contributed by atoms with E-state index < -0.39 is 5.82 Å². The van der Waals surface area contributed by atoms with Crippen LogP contribution in [0.4, 0.5) is 10.2 Å². The van der Waals surface area contributed by atoms with E-state index in [0.29, 0.717) is 5.82 Å². The summed E-state index contributed by atoms with van der Waals surface area (Å²) in [7, 11) is 0. The van der Waals surface area contributed by atoms with Crippen LogP contribution in [0.5, 0.6) is 5.75 Å². The fourth-order valence-electron chi connectivity index (χ4n) is 1.51. The molecule has 1 aromatic carbocycles. The third-order valence-electron chi connectivity index (χ3n) is 2.76. The molecule has 7 heteroatoms. The molecule has 0 fully saturated rings. The Balaban J connectivity index is 1.94. The molecular formula is C13H13ClFN3O2. The Morgan fingerprint density at radius 3 is 2.85 bits per heavy atom. The number of aromatic amines is 1. The predicted octanol–water partition coefficient (Wildman–Crippen LogP) is 2.84. The summed E-state index contributed by atoms with van der Waals surface area (Å²) in [5, 5.41) is 9.44. The van der Waals surface area contributed by atoms with Gasteiger partial charge in [-0.1, -0.05) is 11.6 Å². The van der Waals surface area contributed by atoms with Gasteiger partial charge in [-0.25, -0.2) is 4.39 Å². The molecule has 0 aliphatic carbocycles. The van der Waals surface area contributed by atoms with Gasteiger partial charge in [-0.2, -0.15) is 5.10 Å². The van der Waals surface area contributed by atoms with E-state index >= 15 is 0 Å². The van der Waals surface area contributed by atoms with E-state index in [1.54, 1.807) is 0 Å². The number of hydrogen-bond donors (Lipinski definition) is 2. The number of ether oxygens (including phenoxy) is 1. The number of halogens is 2. The van der Waals surface area contributed by atoms with Crippen LogP contribution in [0.15, 0.2) is 18.2 Å². The highest BCUT2D eigenvalue weighted by atomic mass is 35.5. The highest BCUT2D eigenvalue weighted by Gasteiger charge is 2.11. The molecule has 0 aliphatic heterocycles. The second kappa shape index (κ2) is 5.92. The monoisotopic (exact) mass is 297 g/mol. The number of nitrogens with one attached hydrogen (secondary N) is 2. The normalized spacial score (nSPS) is 10.4. The molecule has 0 spiro atoms. The molecule has 0 aliphatic rings. The highest BCUT2D eigenvalue weighted by Crippen LogP contribution is 2.24. The fraction of sp³-hybridized carbons (Fsp3) is 0.231. The van der Waals surface area contributed by atoms with Gasteiger partial charge in [0.2, 0.25) is 0 Å². The molecule has 0 atom stereocenters. The minimum absolute atomic E-state index is 0.115. The van der Waals surface area contributed by atoms with Crippen molar-refractivity contribution in [1.29, 1.82) is 0 Å². The lowest BCUT2D eigenvalue weighted by Crippen LogP contribution is -2.21. The first kappa shape index (κ1) is 14.3. The summed E-state index contributed by atoms with van der Waals surface area (Å²) in [6, 6.07) is 3.70. The minimum atomic E-state index is -0.463. The van der Waals surface area contributed by atoms with Gasteiger partial charge in [0.25, 0.3) is 5.91 Å². The summed E-state index contributed by atoms with van der Waals surface area (Å²) < 4.78 is 18.1. The number of carbonyl (C=O) groups excluding carboxylic acids is 1. The molecule has 5 nitrogen and oxygen atoms in total. The van der Waals surface area contributed by atoms with Gasteiger partial charge in [-0.3, -0.25) is 9.89 Å². The molecule has 106 valence electrons. The van der Waals surface area contributed by atoms with Crippen molar-refractivity contribution in [2.45, 2.75) is 13.8 Å². The van der Waals surface area contributed by atoms with Crippen LogP contribution >= 0.6 is 11.6 Å². The summed E-state index contributed by atoms with van der Waals surface area (Å²) in [5.74, 6) is -0.131. The molecule has 0 radical (unpaired) electrons. The largest absolute Gasteiger partial charge is 0.482 e. The standard InChI is InChI=1S/C13H13ClFN3O2/c1-7-8(2)17-18-13(7)16-12(19)6-20-11-4-3-9(15)5-10(11)14/h3-5H,6H2,1-2H3,(H2,16,17,18,19). The van der Waals surface area contributed by atoms with Crippen LogP contribution in [0.1, 0.15) is 11.3 Å². The average Bonchev–Trinajstić information content (AvgIpc) is 2.70. The van der Waals surface area contributed by atoms with E-state index in [-0.39, 0.29) is 23.3 Å². The van der Waals surface area contributed by atoms with Crippen LogP contribution in [0.25, 0.3) is 0 Å². The number of amides is 1. The van der Waals surface area contributed by atoms with Crippen molar-refractivity contribution in [2.75, 3.05) is 11.9 Å². The molecule has 20 heavy (non-hydrogen) atoms. The number of carbonyl (C=O) groups is 1. The quantitative estimate of drug-likeness (QED) is 0.912. The number of H-pyrrole nitrogens is 1. The van der Waals surface area contributed by atoms with Crippen molar-refractivity contribution in [3.8, 4) is 5.75 Å². The topological polar surface area (TPSA) is 67.0 Å². The third kappa shape index (κ3) is 3.27. The Kier molecular flexibility index (Phi) is 4.24. The number of rotatable bonds is 4. The van der Waals surface area contributed by atoms with Crippen molar-refractivity contribution in [3.63, 3.8) is 0 Å². The van der Waals surface area contributed by atoms with Gasteiger partial charge >= 0.3 is 0 Å². The summed E-state index contributed by atoms with van der Waals surface area (Å²) in [5.41, 5.74) is 1.74. The first-order valence-electron chi connectivity index (χ1n) is 5.86. The predicted molar refractivity (Wildman–Crippen MR) is 73.6 cm³/mol. The molecule has 1 amide bonds. The minimum Gasteiger partial charge on any atom is -0.482 e. The molecule has 0 bridgehead atoms. The molecule has 2 aromatic rings. The average molecular weight is 298 g/mol. The Labute approximate surface area is 120 Å². The van der Waals surface area contributed by atoms with Crippen LogP contribution in [0.2, 0.25) is 5.02 Å². The number of aromatic nitrogens is 2. The van der Waals surface area contributed by atoms with Gasteiger partial charge in [0.1, 0.15) is 11.6 Å². The van der Waals surface area contributed by atoms with Crippen molar-refractivity contribution >= 4 is 23.3 Å². The second-order valence-electron chi connectivity index (χ2n) is 4.23. The van der Waals surface area contributed by atoms with Gasteiger partial charge in [0.15, 0.2) is 12.4 Å². The smallest absolute Gasteiger partial charge is 0.263 e. The van der Waals surface area contributed by atoms with Gasteiger partial charge in [0, 0.05) is 11.3 Å². The van der Waals surface area contributed by atoms with Gasteiger partial charge in [-0.15, -0.1) is 0 Å². The molecule has 2 rings (SSSR count). The Bertz CT molecular complexity index is 643. The second-order valence-corrected chi connectivity index (χ2v) is 4.64. The summed E-state index contributed by atoms with van der Waals surface area (Å²) in [6.07, 6.45) is 0. The first-order valence-corrected chi connectivity index (χ1v) is 6.24. The van der Waals surface area contributed by atoms with Gasteiger partial charge < -0.3 is 10.1 Å². The maximum atomic E-state index is 12.8. The molecule has 1 heterocycles. The molecule has 2 N–H and O–H groups in total. The number of nitrogens with zero attached hydrogens (tertiary/aromatic N) is 1. The molecule has 0 saturated heterocycles. The highest BCUT2D eigenvalue weighted by molar-refractivity contribution is 6.32. The number of anilines is 1. The molecule has 0 unspecified atom stereocenters. The Morgan fingerprint density at radius 1 is 1.50 bits per heavy atom. The van der Waals surface area contributed by atoms with Crippen LogP contribution in [0, 0.1) is 19.7 Å². The summed E-state index contributed by atoms with van der Waals surface area (Å²) in [6.45, 7) is 3.45. The summed E-state index contributed by atoms with van der Waals surface area (Å²) >= 11 is 5.79. The first-order chi connectivity index (χ1) is 9.47. The van der Waals surface area contributed by atoms with E-state index in [1.165, 1.54) is 12.1 Å². The lowest BCUT2D eigenvalue weighted by Gasteiger charge is -2.08. The Morgan fingerprint density at radius 2 is 2.25 bits per heavy atom. The zero-order valence-electron chi connectivity index (χ0n) is 11.0. The number of aryl methyl sites for hydroxylation is 1. The summed E-state index contributed by atoms with van der Waals surface area (Å²) in [4.78, 5) is 11.7. The van der Waals surface area contributed by atoms with Crippen molar-refractivity contribution in [2.24, 2.45) is 0 Å². The fourth-order valence-corrected chi connectivity index (χ4v) is 1.73. The van der Waals surface area contributed by atoms with Crippen molar-refractivity contribution in [1.82, 2.24) is 10.2 Å². The maximum absolute atomic E-state index is 12.8. The molecule has 0 saturated carbocycles. The zero-order chi connectivity index (χ0) is 14.7. The van der Waals surface area contributed by atoms with Crippen LogP contribution < -0.4 is 10.1 Å². The van der Waals surface area contributed by atoms with E-state index in [4.69, 9.17) is 16.3 Å². The zero-order valence-corrected chi connectivity index (χ0v) is 11.7. The lowest BCUT2D eigenvalue weighted by molar-refractivity contribution is -0.118. The van der Waals surface area contributed by atoms with E-state index in [2.05, 4.69) is 15.5 Å². The maximum Gasteiger partial charge on any atom is 0.263 e. The van der Waals surface area contributed by atoms with Gasteiger partial charge in [0.05, 0.1) is 5.02 Å². The molecular weight excluding hydrogens is 285 g/mol. The van der Waals surface area contributed by atoms with Crippen LogP contribution in [-0.2, 0) is 4.79 Å². The van der Waals surface area contributed by atoms with E-state index in [1.807, 2.05) is 13.8 Å². The van der Waals surface area contributed by atoms with E-state index in [9.17, 15) is 9.18 Å². The lowest BCUT2D eigenvalue weighted by atomic mass is 10.3. The van der Waals surface area contributed by atoms with Crippen molar-refractivity contribution < 1.29 is 13.9 Å². The van der Waals surface area contributed by atoms with Crippen LogP contribution in [0.3, 0.4) is 0 Å². The Hall–Kier alpha value is -2.08. The van der Waals surface area contributed by atoms with Crippen LogP contribution in [-0.4, -0.2) is 22.7 Å². The SMILES string of the molecule is Cc1[nH]nc(NC(=O)COc2ccc(F)cc2Cl)c1C. The van der Waals surface area contributed by atoms with Gasteiger partial charge in [-0.05, 0) is 32.0 Å². The third-order valence-corrected chi connectivity index (χ3v) is 3.06. The number of benzene rings is 1. The molecule has 1 aromatic heterocycles. The van der Waals surface area contributed by atoms with E-state index in [0.717, 1.165) is 17.3 Å². The number of hydrogen-bond acceptors (Lipinski definition) is 3. The van der Waals surface area contributed by atoms with Crippen molar-refractivity contribution in [3.05, 3.63) is 40.3 Å².